The number of hydrogen-bond acceptors (Lipinski definition) is 3. The molecule has 0 bridgehead atoms. The van der Waals surface area contributed by atoms with Gasteiger partial charge in [-0.1, -0.05) is 13.3 Å². The summed E-state index contributed by atoms with van der Waals surface area (Å²) in [7, 11) is 1.46. The van der Waals surface area contributed by atoms with E-state index in [1.807, 2.05) is 0 Å². The first-order chi connectivity index (χ1) is 6.19. The summed E-state index contributed by atoms with van der Waals surface area (Å²) < 4.78 is 4.90. The van der Waals surface area contributed by atoms with Crippen molar-refractivity contribution in [1.29, 1.82) is 0 Å². The highest BCUT2D eigenvalue weighted by molar-refractivity contribution is 5.51. The van der Waals surface area contributed by atoms with Gasteiger partial charge in [0.25, 0.3) is 0 Å². The normalized spacial score (nSPS) is 10.0. The van der Waals surface area contributed by atoms with Gasteiger partial charge >= 0.3 is 0 Å². The second-order valence-corrected chi connectivity index (χ2v) is 2.92. The lowest BCUT2D eigenvalue weighted by Crippen LogP contribution is -1.88. The molecule has 0 amide bonds. The maximum atomic E-state index is 9.32. The number of methoxy groups -OCH3 is 1. The van der Waals surface area contributed by atoms with E-state index < -0.39 is 0 Å². The van der Waals surface area contributed by atoms with E-state index in [1.165, 1.54) is 7.11 Å². The molecule has 1 aromatic rings. The summed E-state index contributed by atoms with van der Waals surface area (Å²) in [5, 5.41) is 18.6. The fourth-order valence-corrected chi connectivity index (χ4v) is 1.24. The molecule has 72 valence electrons. The molecule has 0 saturated heterocycles. The fourth-order valence-electron chi connectivity index (χ4n) is 1.24. The van der Waals surface area contributed by atoms with E-state index in [0.717, 1.165) is 18.4 Å². The van der Waals surface area contributed by atoms with Crippen molar-refractivity contribution >= 4 is 0 Å². The van der Waals surface area contributed by atoms with Crippen LogP contribution in [-0.4, -0.2) is 17.3 Å². The van der Waals surface area contributed by atoms with Crippen molar-refractivity contribution in [2.45, 2.75) is 19.8 Å². The molecule has 0 aliphatic rings. The molecular weight excluding hydrogens is 168 g/mol. The van der Waals surface area contributed by atoms with Gasteiger partial charge in [-0.2, -0.15) is 0 Å². The molecule has 1 aromatic carbocycles. The van der Waals surface area contributed by atoms with E-state index in [2.05, 4.69) is 6.92 Å². The number of aryl methyl sites for hydroxylation is 1. The molecule has 0 heterocycles. The van der Waals surface area contributed by atoms with Crippen molar-refractivity contribution in [3.8, 4) is 17.2 Å². The van der Waals surface area contributed by atoms with Crippen LogP contribution in [0.2, 0.25) is 0 Å². The summed E-state index contributed by atoms with van der Waals surface area (Å²) in [4.78, 5) is 0. The van der Waals surface area contributed by atoms with Crippen molar-refractivity contribution in [1.82, 2.24) is 0 Å². The molecule has 0 spiro atoms. The van der Waals surface area contributed by atoms with Crippen LogP contribution < -0.4 is 4.74 Å². The molecule has 3 heteroatoms. The van der Waals surface area contributed by atoms with Gasteiger partial charge in [-0.25, -0.2) is 0 Å². The molecule has 1 rings (SSSR count). The average molecular weight is 182 g/mol. The number of hydrogen-bond donors (Lipinski definition) is 2. The maximum Gasteiger partial charge on any atom is 0.200 e. The first kappa shape index (κ1) is 9.71. The quantitative estimate of drug-likeness (QED) is 0.703. The van der Waals surface area contributed by atoms with Crippen LogP contribution in [0.15, 0.2) is 12.1 Å². The summed E-state index contributed by atoms with van der Waals surface area (Å²) in [5.74, 6) is 0.00797. The lowest BCUT2D eigenvalue weighted by Gasteiger charge is -2.07. The van der Waals surface area contributed by atoms with E-state index in [4.69, 9.17) is 4.74 Å². The Kier molecular flexibility index (Phi) is 3.01. The molecule has 0 aromatic heterocycles. The van der Waals surface area contributed by atoms with Gasteiger partial charge in [0.05, 0.1) is 7.11 Å². The molecule has 0 radical (unpaired) electrons. The highest BCUT2D eigenvalue weighted by atomic mass is 16.5. The molecule has 13 heavy (non-hydrogen) atoms. The van der Waals surface area contributed by atoms with Crippen LogP contribution in [0.5, 0.6) is 17.2 Å². The summed E-state index contributed by atoms with van der Waals surface area (Å²) in [6, 6.07) is 3.29. The lowest BCUT2D eigenvalue weighted by molar-refractivity contribution is 0.350. The number of rotatable bonds is 3. The smallest absolute Gasteiger partial charge is 0.200 e. The molecule has 2 N–H and O–H groups in total. The van der Waals surface area contributed by atoms with E-state index in [9.17, 15) is 10.2 Å². The Labute approximate surface area is 77.6 Å². The topological polar surface area (TPSA) is 49.7 Å². The maximum absolute atomic E-state index is 9.32. The van der Waals surface area contributed by atoms with Crippen molar-refractivity contribution in [3.05, 3.63) is 17.7 Å². The van der Waals surface area contributed by atoms with E-state index in [0.29, 0.717) is 5.75 Å². The van der Waals surface area contributed by atoms with Crippen LogP contribution in [0.4, 0.5) is 0 Å². The molecule has 0 saturated carbocycles. The SMILES string of the molecule is CCCc1cc(O)c(O)c(OC)c1. The number of ether oxygens (including phenoxy) is 1. The summed E-state index contributed by atoms with van der Waals surface area (Å²) in [5.41, 5.74) is 0.967. The molecular formula is C10H14O3. The Hall–Kier alpha value is -1.38. The minimum Gasteiger partial charge on any atom is -0.504 e. The van der Waals surface area contributed by atoms with Crippen molar-refractivity contribution in [2.75, 3.05) is 7.11 Å². The minimum atomic E-state index is -0.192. The van der Waals surface area contributed by atoms with Gasteiger partial charge in [0, 0.05) is 0 Å². The lowest BCUT2D eigenvalue weighted by atomic mass is 10.1. The van der Waals surface area contributed by atoms with Gasteiger partial charge in [-0.05, 0) is 24.1 Å². The molecule has 0 aliphatic heterocycles. The van der Waals surface area contributed by atoms with Gasteiger partial charge in [-0.15, -0.1) is 0 Å². The van der Waals surface area contributed by atoms with Crippen molar-refractivity contribution in [3.63, 3.8) is 0 Å². The highest BCUT2D eigenvalue weighted by Crippen LogP contribution is 2.36. The zero-order chi connectivity index (χ0) is 9.84. The Morgan fingerprint density at radius 1 is 1.31 bits per heavy atom. The number of aromatic hydroxyl groups is 2. The van der Waals surface area contributed by atoms with Gasteiger partial charge in [0.15, 0.2) is 11.5 Å². The Bertz CT molecular complexity index is 294. The number of phenolic OH excluding ortho intramolecular Hbond substituents is 2. The van der Waals surface area contributed by atoms with Crippen LogP contribution in [0, 0.1) is 0 Å². The van der Waals surface area contributed by atoms with Crippen molar-refractivity contribution < 1.29 is 14.9 Å². The molecule has 0 fully saturated rings. The number of phenols is 2. The second-order valence-electron chi connectivity index (χ2n) is 2.92. The monoisotopic (exact) mass is 182 g/mol. The third-order valence-corrected chi connectivity index (χ3v) is 1.87. The standard InChI is InChI=1S/C10H14O3/c1-3-4-7-5-8(11)10(12)9(6-7)13-2/h5-6,11-12H,3-4H2,1-2H3. The third-order valence-electron chi connectivity index (χ3n) is 1.87. The highest BCUT2D eigenvalue weighted by Gasteiger charge is 2.08. The van der Waals surface area contributed by atoms with Gasteiger partial charge in [0.2, 0.25) is 5.75 Å². The van der Waals surface area contributed by atoms with Crippen LogP contribution in [0.25, 0.3) is 0 Å². The summed E-state index contributed by atoms with van der Waals surface area (Å²) >= 11 is 0. The van der Waals surface area contributed by atoms with Crippen molar-refractivity contribution in [2.24, 2.45) is 0 Å². The van der Waals surface area contributed by atoms with Gasteiger partial charge in [-0.3, -0.25) is 0 Å². The first-order valence-electron chi connectivity index (χ1n) is 4.27. The zero-order valence-corrected chi connectivity index (χ0v) is 7.87. The van der Waals surface area contributed by atoms with Gasteiger partial charge in [0.1, 0.15) is 0 Å². The second kappa shape index (κ2) is 4.03. The molecule has 0 atom stereocenters. The van der Waals surface area contributed by atoms with E-state index in [-0.39, 0.29) is 11.5 Å². The Morgan fingerprint density at radius 2 is 2.00 bits per heavy atom. The number of benzene rings is 1. The van der Waals surface area contributed by atoms with Crippen LogP contribution >= 0.6 is 0 Å². The largest absolute Gasteiger partial charge is 0.504 e. The zero-order valence-electron chi connectivity index (χ0n) is 7.87. The Morgan fingerprint density at radius 3 is 2.54 bits per heavy atom. The Balaban J connectivity index is 3.06. The third kappa shape index (κ3) is 2.05. The summed E-state index contributed by atoms with van der Waals surface area (Å²) in [6.45, 7) is 2.05. The molecule has 0 aliphatic carbocycles. The predicted molar refractivity (Wildman–Crippen MR) is 50.3 cm³/mol. The average Bonchev–Trinajstić information content (AvgIpc) is 2.11. The molecule has 3 nitrogen and oxygen atoms in total. The molecule has 0 unspecified atom stereocenters. The minimum absolute atomic E-state index is 0.122. The van der Waals surface area contributed by atoms with Crippen LogP contribution in [0.3, 0.4) is 0 Å². The van der Waals surface area contributed by atoms with Gasteiger partial charge < -0.3 is 14.9 Å². The summed E-state index contributed by atoms with van der Waals surface area (Å²) in [6.07, 6.45) is 1.86. The fraction of sp³-hybridized carbons (Fsp3) is 0.400. The van der Waals surface area contributed by atoms with Crippen LogP contribution in [0.1, 0.15) is 18.9 Å². The van der Waals surface area contributed by atoms with E-state index >= 15 is 0 Å². The predicted octanol–water partition coefficient (Wildman–Crippen LogP) is 2.06. The first-order valence-corrected chi connectivity index (χ1v) is 4.27. The van der Waals surface area contributed by atoms with Crippen LogP contribution in [-0.2, 0) is 6.42 Å². The van der Waals surface area contributed by atoms with E-state index in [1.54, 1.807) is 12.1 Å².